The lowest BCUT2D eigenvalue weighted by Crippen LogP contribution is -2.32. The Balaban J connectivity index is 2.87. The minimum absolute atomic E-state index is 0.0434. The minimum Gasteiger partial charge on any atom is -0.505 e. The Morgan fingerprint density at radius 3 is 2.65 bits per heavy atom. The molecule has 0 amide bonds. The summed E-state index contributed by atoms with van der Waals surface area (Å²) in [5.41, 5.74) is -0.413. The Bertz CT molecular complexity index is 648. The van der Waals surface area contributed by atoms with E-state index in [1.165, 1.54) is 18.2 Å². The molecule has 5 nitrogen and oxygen atoms in total. The van der Waals surface area contributed by atoms with Gasteiger partial charge in [0.15, 0.2) is 11.5 Å². The van der Waals surface area contributed by atoms with Crippen LogP contribution in [0.1, 0.15) is 12.5 Å². The van der Waals surface area contributed by atoms with Gasteiger partial charge >= 0.3 is 0 Å². The van der Waals surface area contributed by atoms with Crippen LogP contribution in [0.2, 0.25) is 5.02 Å². The number of ketones is 1. The van der Waals surface area contributed by atoms with Gasteiger partial charge in [0.2, 0.25) is 0 Å². The van der Waals surface area contributed by atoms with Crippen molar-refractivity contribution in [3.05, 3.63) is 34.5 Å². The summed E-state index contributed by atoms with van der Waals surface area (Å²) in [5.74, 6) is -1.04. The van der Waals surface area contributed by atoms with Crippen molar-refractivity contribution in [2.75, 3.05) is 0 Å². The number of aliphatic hydroxyl groups is 1. The quantitative estimate of drug-likeness (QED) is 0.811. The molecule has 0 saturated carbocycles. The number of carbonyl (C=O) groups is 1. The van der Waals surface area contributed by atoms with Crippen LogP contribution >= 0.6 is 11.6 Å². The summed E-state index contributed by atoms with van der Waals surface area (Å²) in [6.45, 7) is 1.15. The number of hydrogen-bond acceptors (Lipinski definition) is 4. The van der Waals surface area contributed by atoms with E-state index in [4.69, 9.17) is 11.6 Å². The molecule has 90 valence electrons. The zero-order valence-corrected chi connectivity index (χ0v) is 10.3. The van der Waals surface area contributed by atoms with Gasteiger partial charge < -0.3 is 5.11 Å². The van der Waals surface area contributed by atoms with Gasteiger partial charge in [0.25, 0.3) is 10.0 Å². The number of allylic oxidation sites excluding steroid dienone is 1. The topological polar surface area (TPSA) is 83.5 Å². The van der Waals surface area contributed by atoms with Gasteiger partial charge in [0.1, 0.15) is 5.70 Å². The van der Waals surface area contributed by atoms with Crippen LogP contribution in [0.15, 0.2) is 28.8 Å². The predicted molar refractivity (Wildman–Crippen MR) is 62.0 cm³/mol. The first-order valence-electron chi connectivity index (χ1n) is 4.60. The molecule has 0 bridgehead atoms. The third kappa shape index (κ3) is 1.79. The van der Waals surface area contributed by atoms with E-state index in [9.17, 15) is 18.3 Å². The fourth-order valence-electron chi connectivity index (χ4n) is 1.56. The van der Waals surface area contributed by atoms with Crippen molar-refractivity contribution in [2.45, 2.75) is 11.8 Å². The second-order valence-electron chi connectivity index (χ2n) is 3.50. The van der Waals surface area contributed by atoms with Gasteiger partial charge in [-0.2, -0.15) is 0 Å². The maximum absolute atomic E-state index is 11.8. The lowest BCUT2D eigenvalue weighted by molar-refractivity contribution is -0.113. The van der Waals surface area contributed by atoms with Crippen molar-refractivity contribution in [3.8, 4) is 0 Å². The number of benzene rings is 1. The summed E-state index contributed by atoms with van der Waals surface area (Å²) in [7, 11) is -3.86. The largest absolute Gasteiger partial charge is 0.505 e. The Morgan fingerprint density at radius 2 is 2.06 bits per heavy atom. The van der Waals surface area contributed by atoms with E-state index in [0.717, 1.165) is 6.92 Å². The molecule has 2 N–H and O–H groups in total. The van der Waals surface area contributed by atoms with Crippen LogP contribution in [0.3, 0.4) is 0 Å². The van der Waals surface area contributed by atoms with Gasteiger partial charge in [-0.15, -0.1) is 0 Å². The highest BCUT2D eigenvalue weighted by atomic mass is 35.5. The molecule has 1 aromatic rings. The number of hydrogen-bond donors (Lipinski definition) is 2. The van der Waals surface area contributed by atoms with Crippen molar-refractivity contribution in [2.24, 2.45) is 0 Å². The molecule has 0 aromatic heterocycles. The maximum atomic E-state index is 11.8. The highest BCUT2D eigenvalue weighted by Crippen LogP contribution is 2.34. The van der Waals surface area contributed by atoms with E-state index in [1.54, 1.807) is 0 Å². The SMILES string of the molecule is CC(=O)C1=C(O)c2c(Cl)cccc2S(=O)(=O)N1. The highest BCUT2D eigenvalue weighted by molar-refractivity contribution is 7.89. The number of carbonyl (C=O) groups excluding carboxylic acids is 1. The van der Waals surface area contributed by atoms with Crippen molar-refractivity contribution in [1.82, 2.24) is 4.72 Å². The molecule has 0 atom stereocenters. The van der Waals surface area contributed by atoms with Crippen LogP contribution in [0.5, 0.6) is 0 Å². The molecule has 0 unspecified atom stereocenters. The lowest BCUT2D eigenvalue weighted by Gasteiger charge is -2.20. The first-order valence-corrected chi connectivity index (χ1v) is 6.46. The van der Waals surface area contributed by atoms with Gasteiger partial charge in [-0.1, -0.05) is 17.7 Å². The molecule has 0 saturated heterocycles. The third-order valence-corrected chi connectivity index (χ3v) is 4.03. The molecule has 1 aliphatic rings. The van der Waals surface area contributed by atoms with Gasteiger partial charge in [-0.25, -0.2) is 8.42 Å². The number of aliphatic hydroxyl groups excluding tert-OH is 1. The number of halogens is 1. The van der Waals surface area contributed by atoms with Crippen LogP contribution in [0, 0.1) is 0 Å². The zero-order chi connectivity index (χ0) is 12.8. The molecule has 17 heavy (non-hydrogen) atoms. The zero-order valence-electron chi connectivity index (χ0n) is 8.69. The average molecular weight is 274 g/mol. The summed E-state index contributed by atoms with van der Waals surface area (Å²) in [5, 5.41) is 9.92. The molecular weight excluding hydrogens is 266 g/mol. The van der Waals surface area contributed by atoms with Gasteiger partial charge in [-0.05, 0) is 12.1 Å². The number of nitrogens with one attached hydrogen (secondary N) is 1. The number of rotatable bonds is 1. The summed E-state index contributed by atoms with van der Waals surface area (Å²) in [6, 6.07) is 4.19. The Labute approximate surface area is 103 Å². The fourth-order valence-corrected chi connectivity index (χ4v) is 3.23. The Morgan fingerprint density at radius 1 is 1.41 bits per heavy atom. The van der Waals surface area contributed by atoms with Crippen LogP contribution in [0.4, 0.5) is 0 Å². The van der Waals surface area contributed by atoms with Gasteiger partial charge in [0.05, 0.1) is 15.5 Å². The minimum atomic E-state index is -3.86. The van der Waals surface area contributed by atoms with Crippen molar-refractivity contribution >= 4 is 33.2 Å². The smallest absolute Gasteiger partial charge is 0.262 e. The molecule has 0 aliphatic carbocycles. The highest BCUT2D eigenvalue weighted by Gasteiger charge is 2.32. The maximum Gasteiger partial charge on any atom is 0.262 e. The molecule has 0 radical (unpaired) electrons. The second-order valence-corrected chi connectivity index (χ2v) is 5.56. The van der Waals surface area contributed by atoms with E-state index in [0.29, 0.717) is 0 Å². The normalized spacial score (nSPS) is 17.3. The van der Waals surface area contributed by atoms with Gasteiger partial charge in [0, 0.05) is 6.92 Å². The summed E-state index contributed by atoms with van der Waals surface area (Å²) in [4.78, 5) is 11.1. The first kappa shape index (κ1) is 11.9. The Kier molecular flexibility index (Phi) is 2.63. The molecule has 7 heteroatoms. The lowest BCUT2D eigenvalue weighted by atomic mass is 10.1. The van der Waals surface area contributed by atoms with E-state index in [1.807, 2.05) is 4.72 Å². The van der Waals surface area contributed by atoms with Crippen LogP contribution in [-0.4, -0.2) is 19.3 Å². The van der Waals surface area contributed by atoms with Crippen molar-refractivity contribution < 1.29 is 18.3 Å². The molecule has 0 fully saturated rings. The van der Waals surface area contributed by atoms with E-state index < -0.39 is 21.6 Å². The molecule has 0 spiro atoms. The molecule has 2 rings (SSSR count). The monoisotopic (exact) mass is 273 g/mol. The van der Waals surface area contributed by atoms with E-state index in [2.05, 4.69) is 0 Å². The molecule has 1 aromatic carbocycles. The molecule has 1 heterocycles. The van der Waals surface area contributed by atoms with E-state index in [-0.39, 0.29) is 21.2 Å². The average Bonchev–Trinajstić information content (AvgIpc) is 2.23. The fraction of sp³-hybridized carbons (Fsp3) is 0.100. The third-order valence-electron chi connectivity index (χ3n) is 2.33. The molecule has 1 aliphatic heterocycles. The molecular formula is C10H8ClNO4S. The second kappa shape index (κ2) is 3.75. The number of sulfonamides is 1. The predicted octanol–water partition coefficient (Wildman–Crippen LogP) is 1.45. The van der Waals surface area contributed by atoms with Gasteiger partial charge in [-0.3, -0.25) is 9.52 Å². The van der Waals surface area contributed by atoms with Crippen molar-refractivity contribution in [1.29, 1.82) is 0 Å². The van der Waals surface area contributed by atoms with Crippen molar-refractivity contribution in [3.63, 3.8) is 0 Å². The van der Waals surface area contributed by atoms with Crippen LogP contribution in [0.25, 0.3) is 5.76 Å². The first-order chi connectivity index (χ1) is 7.84. The van der Waals surface area contributed by atoms with E-state index >= 15 is 0 Å². The Hall–Kier alpha value is -1.53. The number of Topliss-reactive ketones (excluding diaryl/α,β-unsaturated/α-hetero) is 1. The summed E-state index contributed by atoms with van der Waals surface area (Å²) in [6.07, 6.45) is 0. The standard InChI is InChI=1S/C10H8ClNO4S/c1-5(13)9-10(14)8-6(11)3-2-4-7(8)17(15,16)12-9/h2-4,12,14H,1H3. The summed E-state index contributed by atoms with van der Waals surface area (Å²) >= 11 is 5.84. The van der Waals surface area contributed by atoms with Crippen LogP contribution < -0.4 is 4.72 Å². The summed E-state index contributed by atoms with van der Waals surface area (Å²) < 4.78 is 25.7. The van der Waals surface area contributed by atoms with Crippen LogP contribution in [-0.2, 0) is 14.8 Å². The number of fused-ring (bicyclic) bond motifs is 1.